The molecule has 0 bridgehead atoms. The Morgan fingerprint density at radius 3 is 2.59 bits per heavy atom. The van der Waals surface area contributed by atoms with Gasteiger partial charge in [-0.05, 0) is 45.0 Å². The maximum atomic E-state index is 13.1. The summed E-state index contributed by atoms with van der Waals surface area (Å²) in [6, 6.07) is 8.71. The lowest BCUT2D eigenvalue weighted by molar-refractivity contribution is 0.0730. The van der Waals surface area contributed by atoms with Crippen LogP contribution < -0.4 is 0 Å². The SMILES string of the molecule is Cc1nnc(SCC(=O)c2cc(C)n(-c3cccc(S(=O)(=O)N4CCOCC4)c3)c2C)s1. The Balaban J connectivity index is 1.60. The zero-order valence-electron chi connectivity index (χ0n) is 18.1. The highest BCUT2D eigenvalue weighted by atomic mass is 32.2. The zero-order chi connectivity index (χ0) is 22.9. The zero-order valence-corrected chi connectivity index (χ0v) is 20.5. The quantitative estimate of drug-likeness (QED) is 0.369. The molecule has 1 aliphatic heterocycles. The van der Waals surface area contributed by atoms with Gasteiger partial charge in [-0.15, -0.1) is 10.2 Å². The number of Topliss-reactive ketones (excluding diaryl/α,β-unsaturated/α-hetero) is 1. The van der Waals surface area contributed by atoms with Crippen LogP contribution in [0.5, 0.6) is 0 Å². The molecule has 8 nitrogen and oxygen atoms in total. The van der Waals surface area contributed by atoms with Crippen molar-refractivity contribution >= 4 is 38.9 Å². The highest BCUT2D eigenvalue weighted by molar-refractivity contribution is 8.01. The molecule has 3 heterocycles. The first kappa shape index (κ1) is 23.1. The van der Waals surface area contributed by atoms with Gasteiger partial charge >= 0.3 is 0 Å². The molecule has 0 amide bonds. The number of aromatic nitrogens is 3. The second kappa shape index (κ2) is 9.44. The Labute approximate surface area is 195 Å². The summed E-state index contributed by atoms with van der Waals surface area (Å²) in [6.07, 6.45) is 0. The van der Waals surface area contributed by atoms with Gasteiger partial charge in [0.25, 0.3) is 0 Å². The summed E-state index contributed by atoms with van der Waals surface area (Å²) in [5.74, 6) is 0.268. The topological polar surface area (TPSA) is 94.4 Å². The highest BCUT2D eigenvalue weighted by Crippen LogP contribution is 2.27. The van der Waals surface area contributed by atoms with Crippen LogP contribution in [0.2, 0.25) is 0 Å². The molecule has 1 aliphatic rings. The lowest BCUT2D eigenvalue weighted by Gasteiger charge is -2.26. The number of hydrogen-bond acceptors (Lipinski definition) is 8. The molecule has 0 atom stereocenters. The van der Waals surface area contributed by atoms with Crippen molar-refractivity contribution in [3.8, 4) is 5.69 Å². The standard InChI is InChI=1S/C21H24N4O4S3/c1-14-11-19(20(26)13-30-21-23-22-16(3)31-21)15(2)25(14)17-5-4-6-18(12-17)32(27,28)24-7-9-29-10-8-24/h4-6,11-12H,7-10,13H2,1-3H3. The van der Waals surface area contributed by atoms with Gasteiger partial charge in [0, 0.05) is 35.7 Å². The molecule has 32 heavy (non-hydrogen) atoms. The molecule has 0 N–H and O–H groups in total. The van der Waals surface area contributed by atoms with Gasteiger partial charge in [0.2, 0.25) is 10.0 Å². The number of sulfonamides is 1. The second-order valence-electron chi connectivity index (χ2n) is 7.43. The molecule has 0 radical (unpaired) electrons. The van der Waals surface area contributed by atoms with Crippen LogP contribution in [0.25, 0.3) is 5.69 Å². The van der Waals surface area contributed by atoms with E-state index in [4.69, 9.17) is 4.74 Å². The third-order valence-corrected chi connectivity index (χ3v) is 9.12. The number of rotatable bonds is 7. The highest BCUT2D eigenvalue weighted by Gasteiger charge is 2.27. The molecule has 170 valence electrons. The Morgan fingerprint density at radius 2 is 1.91 bits per heavy atom. The van der Waals surface area contributed by atoms with E-state index in [1.165, 1.54) is 27.4 Å². The van der Waals surface area contributed by atoms with Gasteiger partial charge in [-0.2, -0.15) is 4.31 Å². The minimum absolute atomic E-state index is 0.000652. The minimum atomic E-state index is -3.61. The molecule has 1 aromatic carbocycles. The van der Waals surface area contributed by atoms with E-state index < -0.39 is 10.0 Å². The molecule has 0 unspecified atom stereocenters. The van der Waals surface area contributed by atoms with Crippen LogP contribution in [0.1, 0.15) is 26.8 Å². The number of nitrogens with zero attached hydrogens (tertiary/aromatic N) is 4. The van der Waals surface area contributed by atoms with Gasteiger partial charge in [-0.3, -0.25) is 4.79 Å². The number of ketones is 1. The normalized spacial score (nSPS) is 15.2. The fraction of sp³-hybridized carbons (Fsp3) is 0.381. The van der Waals surface area contributed by atoms with Crippen LogP contribution in [0, 0.1) is 20.8 Å². The smallest absolute Gasteiger partial charge is 0.243 e. The summed E-state index contributed by atoms with van der Waals surface area (Å²) in [5.41, 5.74) is 2.98. The summed E-state index contributed by atoms with van der Waals surface area (Å²) in [4.78, 5) is 13.1. The average molecular weight is 493 g/mol. The number of thioether (sulfide) groups is 1. The third kappa shape index (κ3) is 4.67. The van der Waals surface area contributed by atoms with Gasteiger partial charge in [0.1, 0.15) is 5.01 Å². The number of carbonyl (C=O) groups excluding carboxylic acids is 1. The summed E-state index contributed by atoms with van der Waals surface area (Å²) < 4.78 is 35.6. The molecule has 1 fully saturated rings. The monoisotopic (exact) mass is 492 g/mol. The predicted molar refractivity (Wildman–Crippen MR) is 125 cm³/mol. The van der Waals surface area contributed by atoms with Crippen molar-refractivity contribution < 1.29 is 17.9 Å². The molecule has 0 aliphatic carbocycles. The first-order valence-electron chi connectivity index (χ1n) is 10.1. The van der Waals surface area contributed by atoms with Crippen LogP contribution in [-0.4, -0.2) is 65.3 Å². The van der Waals surface area contributed by atoms with Crippen molar-refractivity contribution in [2.75, 3.05) is 32.1 Å². The lowest BCUT2D eigenvalue weighted by Crippen LogP contribution is -2.40. The Kier molecular flexibility index (Phi) is 6.82. The number of benzene rings is 1. The number of morpholine rings is 1. The molecule has 0 spiro atoms. The summed E-state index contributed by atoms with van der Waals surface area (Å²) >= 11 is 2.84. The lowest BCUT2D eigenvalue weighted by atomic mass is 10.2. The van der Waals surface area contributed by atoms with E-state index in [-0.39, 0.29) is 16.4 Å². The van der Waals surface area contributed by atoms with Crippen LogP contribution in [0.3, 0.4) is 0 Å². The number of hydrogen-bond donors (Lipinski definition) is 0. The van der Waals surface area contributed by atoms with E-state index in [0.717, 1.165) is 20.7 Å². The largest absolute Gasteiger partial charge is 0.379 e. The Hall–Kier alpha value is -2.05. The molecule has 11 heteroatoms. The van der Waals surface area contributed by atoms with Crippen molar-refractivity contribution in [2.24, 2.45) is 0 Å². The van der Waals surface area contributed by atoms with E-state index in [2.05, 4.69) is 10.2 Å². The van der Waals surface area contributed by atoms with Gasteiger partial charge in [-0.1, -0.05) is 29.2 Å². The van der Waals surface area contributed by atoms with Crippen molar-refractivity contribution in [2.45, 2.75) is 30.0 Å². The van der Waals surface area contributed by atoms with E-state index in [9.17, 15) is 13.2 Å². The fourth-order valence-electron chi connectivity index (χ4n) is 3.70. The number of aryl methyl sites for hydroxylation is 2. The van der Waals surface area contributed by atoms with Crippen LogP contribution >= 0.6 is 23.1 Å². The fourth-order valence-corrected chi connectivity index (χ4v) is 6.85. The molecule has 4 rings (SSSR count). The van der Waals surface area contributed by atoms with Crippen molar-refractivity contribution in [3.05, 3.63) is 52.3 Å². The summed E-state index contributed by atoms with van der Waals surface area (Å²) in [6.45, 7) is 7.16. The first-order chi connectivity index (χ1) is 15.3. The summed E-state index contributed by atoms with van der Waals surface area (Å²) in [5, 5.41) is 8.89. The first-order valence-corrected chi connectivity index (χ1v) is 13.3. The minimum Gasteiger partial charge on any atom is -0.379 e. The second-order valence-corrected chi connectivity index (χ2v) is 11.8. The van der Waals surface area contributed by atoms with Gasteiger partial charge in [0.05, 0.1) is 23.9 Å². The van der Waals surface area contributed by atoms with Gasteiger partial charge in [-0.25, -0.2) is 8.42 Å². The molecule has 1 saturated heterocycles. The van der Waals surface area contributed by atoms with E-state index >= 15 is 0 Å². The van der Waals surface area contributed by atoms with Crippen molar-refractivity contribution in [3.63, 3.8) is 0 Å². The molecule has 0 saturated carbocycles. The Morgan fingerprint density at radius 1 is 1.16 bits per heavy atom. The number of carbonyl (C=O) groups is 1. The van der Waals surface area contributed by atoms with E-state index in [0.29, 0.717) is 37.6 Å². The summed E-state index contributed by atoms with van der Waals surface area (Å²) in [7, 11) is -3.61. The van der Waals surface area contributed by atoms with Crippen molar-refractivity contribution in [1.29, 1.82) is 0 Å². The van der Waals surface area contributed by atoms with E-state index in [1.807, 2.05) is 37.5 Å². The molecular weight excluding hydrogens is 468 g/mol. The van der Waals surface area contributed by atoms with Crippen LogP contribution in [0.15, 0.2) is 39.6 Å². The van der Waals surface area contributed by atoms with Crippen LogP contribution in [-0.2, 0) is 14.8 Å². The third-order valence-electron chi connectivity index (χ3n) is 5.25. The number of ether oxygens (including phenoxy) is 1. The average Bonchev–Trinajstić information content (AvgIpc) is 3.34. The maximum Gasteiger partial charge on any atom is 0.243 e. The predicted octanol–water partition coefficient (Wildman–Crippen LogP) is 3.25. The van der Waals surface area contributed by atoms with Gasteiger partial charge in [0.15, 0.2) is 10.1 Å². The van der Waals surface area contributed by atoms with Crippen molar-refractivity contribution in [1.82, 2.24) is 19.1 Å². The van der Waals surface area contributed by atoms with Gasteiger partial charge < -0.3 is 9.30 Å². The molecular formula is C21H24N4O4S3. The molecule has 3 aromatic rings. The Bertz CT molecular complexity index is 1240. The maximum absolute atomic E-state index is 13.1. The molecule has 2 aromatic heterocycles. The van der Waals surface area contributed by atoms with Crippen LogP contribution in [0.4, 0.5) is 0 Å². The van der Waals surface area contributed by atoms with E-state index in [1.54, 1.807) is 18.2 Å².